The van der Waals surface area contributed by atoms with Gasteiger partial charge >= 0.3 is 0 Å². The largest absolute Gasteiger partial charge is 0.369 e. The lowest BCUT2D eigenvalue weighted by atomic mass is 10.2. The Bertz CT molecular complexity index is 312. The third-order valence-corrected chi connectivity index (χ3v) is 2.93. The topological polar surface area (TPSA) is 66.0 Å². The molecule has 1 fully saturated rings. The molecular weight excluding hydrogens is 192 g/mol. The van der Waals surface area contributed by atoms with E-state index in [1.807, 2.05) is 11.6 Å². The summed E-state index contributed by atoms with van der Waals surface area (Å²) < 4.78 is 7.60. The molecule has 0 bridgehead atoms. The van der Waals surface area contributed by atoms with E-state index in [0.717, 1.165) is 25.2 Å². The number of nitrogens with zero attached hydrogens (tertiary/aromatic N) is 3. The first-order chi connectivity index (χ1) is 7.31. The number of aromatic nitrogens is 3. The number of nitrogens with two attached hydrogens (primary N) is 1. The van der Waals surface area contributed by atoms with E-state index in [4.69, 9.17) is 10.5 Å². The second-order valence-electron chi connectivity index (χ2n) is 3.94. The summed E-state index contributed by atoms with van der Waals surface area (Å²) in [4.78, 5) is 4.16. The molecule has 5 heteroatoms. The number of rotatable bonds is 4. The molecule has 1 saturated carbocycles. The Balaban J connectivity index is 1.87. The van der Waals surface area contributed by atoms with Gasteiger partial charge in [0.15, 0.2) is 5.82 Å². The highest BCUT2D eigenvalue weighted by Crippen LogP contribution is 2.21. The van der Waals surface area contributed by atoms with Crippen molar-refractivity contribution in [3.8, 4) is 0 Å². The maximum Gasteiger partial charge on any atom is 0.152 e. The molecule has 1 aliphatic rings. The highest BCUT2D eigenvalue weighted by molar-refractivity contribution is 4.85. The van der Waals surface area contributed by atoms with Gasteiger partial charge in [0.25, 0.3) is 0 Å². The van der Waals surface area contributed by atoms with Gasteiger partial charge in [-0.05, 0) is 26.2 Å². The van der Waals surface area contributed by atoms with Crippen LogP contribution < -0.4 is 5.73 Å². The molecule has 15 heavy (non-hydrogen) atoms. The lowest BCUT2D eigenvalue weighted by Gasteiger charge is -2.15. The molecule has 2 rings (SSSR count). The standard InChI is InChI=1S/C10H18N4O/c1-2-14-10(12-7-13-14)6-15-9-5-3-4-8(9)11/h7-9H,2-6,11H2,1H3. The fraction of sp³-hybridized carbons (Fsp3) is 0.800. The second-order valence-corrected chi connectivity index (χ2v) is 3.94. The van der Waals surface area contributed by atoms with Gasteiger partial charge in [-0.1, -0.05) is 0 Å². The van der Waals surface area contributed by atoms with Crippen LogP contribution in [0.15, 0.2) is 6.33 Å². The van der Waals surface area contributed by atoms with Crippen LogP contribution >= 0.6 is 0 Å². The van der Waals surface area contributed by atoms with E-state index in [0.29, 0.717) is 6.61 Å². The molecule has 1 heterocycles. The molecule has 0 radical (unpaired) electrons. The zero-order chi connectivity index (χ0) is 10.7. The minimum absolute atomic E-state index is 0.197. The van der Waals surface area contributed by atoms with Gasteiger partial charge in [-0.15, -0.1) is 0 Å². The van der Waals surface area contributed by atoms with Crippen molar-refractivity contribution >= 4 is 0 Å². The zero-order valence-electron chi connectivity index (χ0n) is 9.09. The molecule has 0 aliphatic heterocycles. The SMILES string of the molecule is CCn1ncnc1COC1CCCC1N. The third kappa shape index (κ3) is 2.35. The Morgan fingerprint density at radius 3 is 3.13 bits per heavy atom. The molecule has 0 saturated heterocycles. The van der Waals surface area contributed by atoms with Gasteiger partial charge in [-0.2, -0.15) is 5.10 Å². The second kappa shape index (κ2) is 4.72. The molecule has 0 amide bonds. The van der Waals surface area contributed by atoms with Crippen molar-refractivity contribution in [3.05, 3.63) is 12.2 Å². The lowest BCUT2D eigenvalue weighted by molar-refractivity contribution is 0.0301. The van der Waals surface area contributed by atoms with Crippen LogP contribution in [0.25, 0.3) is 0 Å². The van der Waals surface area contributed by atoms with E-state index in [2.05, 4.69) is 10.1 Å². The molecular formula is C10H18N4O. The van der Waals surface area contributed by atoms with Crippen molar-refractivity contribution in [3.63, 3.8) is 0 Å². The summed E-state index contributed by atoms with van der Waals surface area (Å²) in [6.07, 6.45) is 5.09. The molecule has 84 valence electrons. The van der Waals surface area contributed by atoms with Crippen molar-refractivity contribution in [2.45, 2.75) is 51.5 Å². The van der Waals surface area contributed by atoms with Crippen molar-refractivity contribution in [2.24, 2.45) is 5.73 Å². The molecule has 1 aromatic rings. The molecule has 2 unspecified atom stereocenters. The number of aryl methyl sites for hydroxylation is 1. The van der Waals surface area contributed by atoms with Crippen LogP contribution in [0.3, 0.4) is 0 Å². The van der Waals surface area contributed by atoms with E-state index in [1.54, 1.807) is 6.33 Å². The van der Waals surface area contributed by atoms with E-state index < -0.39 is 0 Å². The average Bonchev–Trinajstić information content (AvgIpc) is 2.83. The van der Waals surface area contributed by atoms with Crippen molar-refractivity contribution < 1.29 is 4.74 Å². The van der Waals surface area contributed by atoms with Crippen LogP contribution in [-0.2, 0) is 17.9 Å². The van der Waals surface area contributed by atoms with Gasteiger partial charge in [0.2, 0.25) is 0 Å². The van der Waals surface area contributed by atoms with Crippen LogP contribution in [0, 0.1) is 0 Å². The number of hydrogen-bond donors (Lipinski definition) is 1. The van der Waals surface area contributed by atoms with E-state index in [1.165, 1.54) is 6.42 Å². The summed E-state index contributed by atoms with van der Waals surface area (Å²) >= 11 is 0. The van der Waals surface area contributed by atoms with Crippen molar-refractivity contribution in [2.75, 3.05) is 0 Å². The predicted molar refractivity (Wildman–Crippen MR) is 56.1 cm³/mol. The lowest BCUT2D eigenvalue weighted by Crippen LogP contribution is -2.31. The molecule has 2 N–H and O–H groups in total. The molecule has 2 atom stereocenters. The van der Waals surface area contributed by atoms with Crippen LogP contribution in [0.2, 0.25) is 0 Å². The average molecular weight is 210 g/mol. The van der Waals surface area contributed by atoms with Crippen LogP contribution in [0.4, 0.5) is 0 Å². The quantitative estimate of drug-likeness (QED) is 0.794. The summed E-state index contributed by atoms with van der Waals surface area (Å²) in [6.45, 7) is 3.39. The third-order valence-electron chi connectivity index (χ3n) is 2.93. The Labute approximate surface area is 89.6 Å². The molecule has 5 nitrogen and oxygen atoms in total. The van der Waals surface area contributed by atoms with E-state index in [9.17, 15) is 0 Å². The smallest absolute Gasteiger partial charge is 0.152 e. The first kappa shape index (κ1) is 10.6. The summed E-state index contributed by atoms with van der Waals surface area (Å²) in [7, 11) is 0. The maximum atomic E-state index is 5.92. The summed E-state index contributed by atoms with van der Waals surface area (Å²) in [5.41, 5.74) is 5.92. The van der Waals surface area contributed by atoms with E-state index >= 15 is 0 Å². The Kier molecular flexibility index (Phi) is 3.33. The maximum absolute atomic E-state index is 5.92. The summed E-state index contributed by atoms with van der Waals surface area (Å²) in [5.74, 6) is 0.886. The predicted octanol–water partition coefficient (Wildman–Crippen LogP) is 0.694. The minimum Gasteiger partial charge on any atom is -0.369 e. The van der Waals surface area contributed by atoms with Gasteiger partial charge in [0, 0.05) is 12.6 Å². The van der Waals surface area contributed by atoms with Crippen molar-refractivity contribution in [1.82, 2.24) is 14.8 Å². The Morgan fingerprint density at radius 2 is 2.47 bits per heavy atom. The fourth-order valence-corrected chi connectivity index (χ4v) is 2.01. The fourth-order valence-electron chi connectivity index (χ4n) is 2.01. The first-order valence-corrected chi connectivity index (χ1v) is 5.55. The highest BCUT2D eigenvalue weighted by atomic mass is 16.5. The molecule has 1 aromatic heterocycles. The Morgan fingerprint density at radius 1 is 1.60 bits per heavy atom. The van der Waals surface area contributed by atoms with Gasteiger partial charge in [0.05, 0.1) is 6.10 Å². The van der Waals surface area contributed by atoms with Crippen LogP contribution in [0.5, 0.6) is 0 Å². The van der Waals surface area contributed by atoms with Crippen LogP contribution in [0.1, 0.15) is 32.0 Å². The molecule has 0 spiro atoms. The summed E-state index contributed by atoms with van der Waals surface area (Å²) in [6, 6.07) is 0.197. The molecule has 0 aromatic carbocycles. The van der Waals surface area contributed by atoms with Gasteiger partial charge in [-0.25, -0.2) is 9.67 Å². The van der Waals surface area contributed by atoms with Gasteiger partial charge < -0.3 is 10.5 Å². The number of ether oxygens (including phenoxy) is 1. The molecule has 1 aliphatic carbocycles. The monoisotopic (exact) mass is 210 g/mol. The van der Waals surface area contributed by atoms with Crippen LogP contribution in [-0.4, -0.2) is 26.9 Å². The zero-order valence-corrected chi connectivity index (χ0v) is 9.09. The number of hydrogen-bond acceptors (Lipinski definition) is 4. The Hall–Kier alpha value is -0.940. The summed E-state index contributed by atoms with van der Waals surface area (Å²) in [5, 5.41) is 4.09. The highest BCUT2D eigenvalue weighted by Gasteiger charge is 2.24. The van der Waals surface area contributed by atoms with Gasteiger partial charge in [-0.3, -0.25) is 0 Å². The van der Waals surface area contributed by atoms with E-state index in [-0.39, 0.29) is 12.1 Å². The normalized spacial score (nSPS) is 26.0. The minimum atomic E-state index is 0.197. The first-order valence-electron chi connectivity index (χ1n) is 5.55. The van der Waals surface area contributed by atoms with Gasteiger partial charge in [0.1, 0.15) is 12.9 Å². The van der Waals surface area contributed by atoms with Crippen molar-refractivity contribution in [1.29, 1.82) is 0 Å².